The zero-order valence-electron chi connectivity index (χ0n) is 14.3. The highest BCUT2D eigenvalue weighted by Crippen LogP contribution is 2.32. The minimum atomic E-state index is -0.367. The van der Waals surface area contributed by atoms with Crippen molar-refractivity contribution in [2.75, 3.05) is 43.6 Å². The van der Waals surface area contributed by atoms with Crippen molar-refractivity contribution >= 4 is 17.5 Å². The summed E-state index contributed by atoms with van der Waals surface area (Å²) in [6.45, 7) is 3.12. The molecule has 1 spiro atoms. The van der Waals surface area contributed by atoms with Crippen molar-refractivity contribution in [1.82, 2.24) is 9.97 Å². The highest BCUT2D eigenvalue weighted by Gasteiger charge is 2.40. The summed E-state index contributed by atoms with van der Waals surface area (Å²) < 4.78 is 16.7. The van der Waals surface area contributed by atoms with E-state index in [0.717, 1.165) is 43.2 Å². The molecule has 2 aliphatic heterocycles. The summed E-state index contributed by atoms with van der Waals surface area (Å²) in [4.78, 5) is 11.2. The van der Waals surface area contributed by atoms with E-state index in [0.29, 0.717) is 19.2 Å². The number of hydrogen-bond donors (Lipinski definition) is 1. The second kappa shape index (κ2) is 6.85. The largest absolute Gasteiger partial charge is 0.497 e. The number of nitrogens with one attached hydrogen (secondary N) is 1. The van der Waals surface area contributed by atoms with E-state index >= 15 is 0 Å². The van der Waals surface area contributed by atoms with Gasteiger partial charge in [0.2, 0.25) is 5.95 Å². The number of ether oxygens (including phenoxy) is 3. The molecule has 4 rings (SSSR count). The molecule has 2 saturated heterocycles. The molecule has 132 valence electrons. The van der Waals surface area contributed by atoms with Crippen LogP contribution in [0.4, 0.5) is 17.5 Å². The van der Waals surface area contributed by atoms with Crippen LogP contribution in [0, 0.1) is 0 Å². The molecule has 0 bridgehead atoms. The third-order valence-corrected chi connectivity index (χ3v) is 4.65. The first kappa shape index (κ1) is 16.1. The van der Waals surface area contributed by atoms with Crippen LogP contribution in [0.25, 0.3) is 0 Å². The van der Waals surface area contributed by atoms with Gasteiger partial charge in [-0.05, 0) is 30.3 Å². The molecule has 0 saturated carbocycles. The molecule has 1 N–H and O–H groups in total. The number of piperidine rings is 1. The minimum absolute atomic E-state index is 0.367. The van der Waals surface area contributed by atoms with E-state index in [1.165, 1.54) is 0 Å². The van der Waals surface area contributed by atoms with E-state index < -0.39 is 0 Å². The van der Waals surface area contributed by atoms with Gasteiger partial charge in [0.05, 0.1) is 20.3 Å². The van der Waals surface area contributed by atoms with Gasteiger partial charge in [-0.15, -0.1) is 0 Å². The predicted molar refractivity (Wildman–Crippen MR) is 94.4 cm³/mol. The first-order chi connectivity index (χ1) is 12.3. The Morgan fingerprint density at radius 2 is 1.80 bits per heavy atom. The van der Waals surface area contributed by atoms with Crippen molar-refractivity contribution in [3.8, 4) is 5.75 Å². The van der Waals surface area contributed by atoms with Crippen molar-refractivity contribution in [2.45, 2.75) is 18.6 Å². The Hall–Kier alpha value is -2.38. The molecule has 0 amide bonds. The standard InChI is InChI=1S/C18H22N4O3/c1-23-15-4-2-14(3-5-15)20-17-19-9-6-16(21-17)22-10-7-18(8-11-22)24-12-13-25-18/h2-6,9H,7-8,10-13H2,1H3,(H,19,20,21). The van der Waals surface area contributed by atoms with Gasteiger partial charge in [-0.2, -0.15) is 4.98 Å². The maximum Gasteiger partial charge on any atom is 0.229 e. The molecule has 7 heteroatoms. The lowest BCUT2D eigenvalue weighted by Gasteiger charge is -2.38. The van der Waals surface area contributed by atoms with Gasteiger partial charge in [-0.25, -0.2) is 4.98 Å². The molecule has 0 radical (unpaired) electrons. The number of methoxy groups -OCH3 is 1. The summed E-state index contributed by atoms with van der Waals surface area (Å²) in [5, 5.41) is 3.23. The molecule has 2 fully saturated rings. The molecule has 1 aromatic carbocycles. The lowest BCUT2D eigenvalue weighted by atomic mass is 10.0. The van der Waals surface area contributed by atoms with Crippen molar-refractivity contribution in [1.29, 1.82) is 0 Å². The fourth-order valence-corrected chi connectivity index (χ4v) is 3.25. The second-order valence-electron chi connectivity index (χ2n) is 6.19. The number of benzene rings is 1. The molecular weight excluding hydrogens is 320 g/mol. The Morgan fingerprint density at radius 1 is 1.08 bits per heavy atom. The van der Waals surface area contributed by atoms with Gasteiger partial charge < -0.3 is 24.4 Å². The first-order valence-electron chi connectivity index (χ1n) is 8.53. The summed E-state index contributed by atoms with van der Waals surface area (Å²) in [6, 6.07) is 9.62. The summed E-state index contributed by atoms with van der Waals surface area (Å²) >= 11 is 0. The minimum Gasteiger partial charge on any atom is -0.497 e. The van der Waals surface area contributed by atoms with Crippen LogP contribution in [-0.4, -0.2) is 49.2 Å². The van der Waals surface area contributed by atoms with E-state index in [4.69, 9.17) is 14.2 Å². The number of rotatable bonds is 4. The molecular formula is C18H22N4O3. The van der Waals surface area contributed by atoms with Crippen LogP contribution in [0.5, 0.6) is 5.75 Å². The van der Waals surface area contributed by atoms with Gasteiger partial charge >= 0.3 is 0 Å². The third kappa shape index (κ3) is 3.52. The van der Waals surface area contributed by atoms with E-state index in [1.54, 1.807) is 13.3 Å². The van der Waals surface area contributed by atoms with Crippen LogP contribution in [-0.2, 0) is 9.47 Å². The van der Waals surface area contributed by atoms with Crippen molar-refractivity contribution < 1.29 is 14.2 Å². The van der Waals surface area contributed by atoms with Gasteiger partial charge in [-0.1, -0.05) is 0 Å². The molecule has 2 aromatic rings. The van der Waals surface area contributed by atoms with Crippen LogP contribution in [0.1, 0.15) is 12.8 Å². The first-order valence-corrected chi connectivity index (χ1v) is 8.53. The Balaban J connectivity index is 1.42. The maximum absolute atomic E-state index is 5.78. The number of aromatic nitrogens is 2. The van der Waals surface area contributed by atoms with Crippen LogP contribution in [0.15, 0.2) is 36.5 Å². The average molecular weight is 342 g/mol. The fourth-order valence-electron chi connectivity index (χ4n) is 3.25. The Kier molecular flexibility index (Phi) is 4.42. The van der Waals surface area contributed by atoms with E-state index in [2.05, 4.69) is 20.2 Å². The van der Waals surface area contributed by atoms with E-state index in [-0.39, 0.29) is 5.79 Å². The lowest BCUT2D eigenvalue weighted by molar-refractivity contribution is -0.169. The molecule has 1 aromatic heterocycles. The number of nitrogens with zero attached hydrogens (tertiary/aromatic N) is 3. The topological polar surface area (TPSA) is 68.7 Å². The van der Waals surface area contributed by atoms with Crippen molar-refractivity contribution in [3.05, 3.63) is 36.5 Å². The summed E-state index contributed by atoms with van der Waals surface area (Å²) in [7, 11) is 1.65. The highest BCUT2D eigenvalue weighted by atomic mass is 16.7. The Labute approximate surface area is 146 Å². The molecule has 3 heterocycles. The predicted octanol–water partition coefficient (Wildman–Crippen LogP) is 2.57. The third-order valence-electron chi connectivity index (χ3n) is 4.65. The fraction of sp³-hybridized carbons (Fsp3) is 0.444. The summed E-state index contributed by atoms with van der Waals surface area (Å²) in [5.74, 6) is 1.95. The van der Waals surface area contributed by atoms with E-state index in [9.17, 15) is 0 Å². The van der Waals surface area contributed by atoms with Crippen LogP contribution < -0.4 is 15.0 Å². The number of hydrogen-bond acceptors (Lipinski definition) is 7. The monoisotopic (exact) mass is 342 g/mol. The summed E-state index contributed by atoms with van der Waals surface area (Å²) in [6.07, 6.45) is 3.50. The SMILES string of the molecule is COc1ccc(Nc2nccc(N3CCC4(CC3)OCCO4)n2)cc1. The molecule has 25 heavy (non-hydrogen) atoms. The average Bonchev–Trinajstić information content (AvgIpc) is 3.11. The van der Waals surface area contributed by atoms with Crippen LogP contribution in [0.3, 0.4) is 0 Å². The maximum atomic E-state index is 5.78. The Bertz CT molecular complexity index is 707. The van der Waals surface area contributed by atoms with E-state index in [1.807, 2.05) is 30.3 Å². The lowest BCUT2D eigenvalue weighted by Crippen LogP contribution is -2.45. The second-order valence-corrected chi connectivity index (χ2v) is 6.19. The van der Waals surface area contributed by atoms with Crippen molar-refractivity contribution in [2.24, 2.45) is 0 Å². The molecule has 0 atom stereocenters. The van der Waals surface area contributed by atoms with Gasteiger partial charge in [0.1, 0.15) is 11.6 Å². The van der Waals surface area contributed by atoms with Crippen molar-refractivity contribution in [3.63, 3.8) is 0 Å². The normalized spacial score (nSPS) is 19.2. The van der Waals surface area contributed by atoms with Gasteiger partial charge in [-0.3, -0.25) is 0 Å². The van der Waals surface area contributed by atoms with Crippen LogP contribution >= 0.6 is 0 Å². The molecule has 0 aliphatic carbocycles. The zero-order valence-corrected chi connectivity index (χ0v) is 14.3. The Morgan fingerprint density at radius 3 is 2.48 bits per heavy atom. The molecule has 2 aliphatic rings. The van der Waals surface area contributed by atoms with Gasteiger partial charge in [0.25, 0.3) is 0 Å². The van der Waals surface area contributed by atoms with Gasteiger partial charge in [0, 0.05) is 37.8 Å². The quantitative estimate of drug-likeness (QED) is 0.916. The zero-order chi connectivity index (χ0) is 17.1. The molecule has 7 nitrogen and oxygen atoms in total. The smallest absolute Gasteiger partial charge is 0.229 e. The van der Waals surface area contributed by atoms with Gasteiger partial charge in [0.15, 0.2) is 5.79 Å². The highest BCUT2D eigenvalue weighted by molar-refractivity contribution is 5.56. The molecule has 0 unspecified atom stereocenters. The summed E-state index contributed by atoms with van der Waals surface area (Å²) in [5.41, 5.74) is 0.920. The van der Waals surface area contributed by atoms with Crippen LogP contribution in [0.2, 0.25) is 0 Å². The number of anilines is 3.